The Balaban J connectivity index is 2.47. The summed E-state index contributed by atoms with van der Waals surface area (Å²) in [7, 11) is 0. The van der Waals surface area contributed by atoms with E-state index in [1.165, 1.54) is 0 Å². The van der Waals surface area contributed by atoms with Gasteiger partial charge < -0.3 is 0 Å². The van der Waals surface area contributed by atoms with E-state index in [4.69, 9.17) is 12.6 Å². The lowest BCUT2D eigenvalue weighted by atomic mass is 10.8. The van der Waals surface area contributed by atoms with Crippen molar-refractivity contribution in [1.82, 2.24) is 4.98 Å². The zero-order chi connectivity index (χ0) is 7.40. The van der Waals surface area contributed by atoms with Crippen molar-refractivity contribution < 1.29 is 0 Å². The van der Waals surface area contributed by atoms with Crippen LogP contribution in [0.3, 0.4) is 0 Å². The molecule has 1 heterocycles. The Labute approximate surface area is 74.0 Å². The van der Waals surface area contributed by atoms with E-state index < -0.39 is 0 Å². The Morgan fingerprint density at radius 2 is 2.70 bits per heavy atom. The molecular formula is C6H6NS3. The van der Waals surface area contributed by atoms with Gasteiger partial charge in [-0.1, -0.05) is 30.5 Å². The normalized spacial score (nSPS) is 12.9. The second-order valence-electron chi connectivity index (χ2n) is 1.52. The number of thiazole rings is 1. The summed E-state index contributed by atoms with van der Waals surface area (Å²) in [6, 6.07) is 0. The van der Waals surface area contributed by atoms with E-state index in [-0.39, 0.29) is 4.58 Å². The van der Waals surface area contributed by atoms with Crippen molar-refractivity contribution >= 4 is 35.7 Å². The molecule has 1 aromatic rings. The van der Waals surface area contributed by atoms with E-state index in [0.717, 1.165) is 4.34 Å². The van der Waals surface area contributed by atoms with E-state index in [0.29, 0.717) is 0 Å². The Hall–Kier alpha value is 0.0700. The molecule has 1 radical (unpaired) electrons. The summed E-state index contributed by atoms with van der Waals surface area (Å²) >= 11 is 8.16. The summed E-state index contributed by atoms with van der Waals surface area (Å²) in [5, 5.41) is 1.94. The van der Waals surface area contributed by atoms with Gasteiger partial charge in [-0.2, -0.15) is 0 Å². The van der Waals surface area contributed by atoms with Crippen LogP contribution in [-0.4, -0.2) is 9.57 Å². The van der Waals surface area contributed by atoms with Crippen LogP contribution in [0.25, 0.3) is 0 Å². The Bertz CT molecular complexity index is 195. The number of hydrogen-bond donors (Lipinski definition) is 0. The quantitative estimate of drug-likeness (QED) is 0.534. The van der Waals surface area contributed by atoms with Crippen molar-refractivity contribution in [2.45, 2.75) is 8.92 Å². The van der Waals surface area contributed by atoms with Crippen LogP contribution in [0.4, 0.5) is 0 Å². The zero-order valence-corrected chi connectivity index (χ0v) is 7.64. The maximum atomic E-state index is 5.00. The lowest BCUT2D eigenvalue weighted by Crippen LogP contribution is -1.82. The van der Waals surface area contributed by atoms with Crippen molar-refractivity contribution in [2.24, 2.45) is 0 Å². The summed E-state index contributed by atoms with van der Waals surface area (Å²) in [6.45, 7) is 3.59. The average Bonchev–Trinajstić information content (AvgIpc) is 2.40. The lowest BCUT2D eigenvalue weighted by Gasteiger charge is -1.97. The second kappa shape index (κ2) is 4.05. The van der Waals surface area contributed by atoms with Gasteiger partial charge in [0.15, 0.2) is 4.34 Å². The Kier molecular flexibility index (Phi) is 3.31. The van der Waals surface area contributed by atoms with E-state index >= 15 is 0 Å². The third kappa shape index (κ3) is 2.36. The number of rotatable bonds is 3. The van der Waals surface area contributed by atoms with Crippen LogP contribution in [0.2, 0.25) is 0 Å². The van der Waals surface area contributed by atoms with Crippen molar-refractivity contribution in [3.8, 4) is 0 Å². The molecule has 0 saturated heterocycles. The van der Waals surface area contributed by atoms with Crippen LogP contribution < -0.4 is 0 Å². The van der Waals surface area contributed by atoms with Gasteiger partial charge in [-0.3, -0.25) is 0 Å². The van der Waals surface area contributed by atoms with E-state index in [9.17, 15) is 0 Å². The summed E-state index contributed by atoms with van der Waals surface area (Å²) in [6.07, 6.45) is 3.51. The molecule has 1 unspecified atom stereocenters. The van der Waals surface area contributed by atoms with Crippen LogP contribution in [0, 0.1) is 0 Å². The summed E-state index contributed by atoms with van der Waals surface area (Å²) < 4.78 is 1.06. The average molecular weight is 188 g/mol. The first kappa shape index (κ1) is 8.17. The van der Waals surface area contributed by atoms with Gasteiger partial charge in [0.05, 0.1) is 4.58 Å². The maximum Gasteiger partial charge on any atom is 0.151 e. The number of aromatic nitrogens is 1. The highest BCUT2D eigenvalue weighted by Crippen LogP contribution is 2.27. The molecule has 0 aliphatic rings. The molecule has 0 saturated carbocycles. The van der Waals surface area contributed by atoms with Crippen LogP contribution >= 0.6 is 35.7 Å². The first-order valence-electron chi connectivity index (χ1n) is 2.67. The number of hydrogen-bond acceptors (Lipinski definition) is 3. The molecule has 0 aliphatic carbocycles. The van der Waals surface area contributed by atoms with Crippen molar-refractivity contribution in [3.63, 3.8) is 0 Å². The molecule has 0 spiro atoms. The predicted molar refractivity (Wildman–Crippen MR) is 49.5 cm³/mol. The number of nitrogens with zero attached hydrogens (tertiary/aromatic N) is 1. The van der Waals surface area contributed by atoms with E-state index in [2.05, 4.69) is 11.6 Å². The first-order valence-corrected chi connectivity index (χ1v) is 4.90. The smallest absolute Gasteiger partial charge is 0.151 e. The minimum Gasteiger partial charge on any atom is -0.238 e. The molecule has 0 aliphatic heterocycles. The van der Waals surface area contributed by atoms with Gasteiger partial charge >= 0.3 is 0 Å². The fourth-order valence-electron chi connectivity index (χ4n) is 0.416. The van der Waals surface area contributed by atoms with Gasteiger partial charge in [-0.05, 0) is 0 Å². The fourth-order valence-corrected chi connectivity index (χ4v) is 2.35. The molecule has 1 nitrogen and oxygen atoms in total. The van der Waals surface area contributed by atoms with Gasteiger partial charge in [-0.25, -0.2) is 4.98 Å². The highest BCUT2D eigenvalue weighted by molar-refractivity contribution is 8.11. The molecule has 1 atom stereocenters. The van der Waals surface area contributed by atoms with Gasteiger partial charge in [0.1, 0.15) is 0 Å². The lowest BCUT2D eigenvalue weighted by molar-refractivity contribution is 1.25. The van der Waals surface area contributed by atoms with Crippen LogP contribution in [-0.2, 0) is 0 Å². The van der Waals surface area contributed by atoms with E-state index in [1.54, 1.807) is 35.4 Å². The van der Waals surface area contributed by atoms with Crippen molar-refractivity contribution in [3.05, 3.63) is 24.2 Å². The monoisotopic (exact) mass is 188 g/mol. The van der Waals surface area contributed by atoms with Crippen LogP contribution in [0.15, 0.2) is 28.6 Å². The number of thioether (sulfide) groups is 1. The van der Waals surface area contributed by atoms with Crippen molar-refractivity contribution in [2.75, 3.05) is 0 Å². The molecule has 0 aromatic carbocycles. The van der Waals surface area contributed by atoms with Gasteiger partial charge in [0.2, 0.25) is 0 Å². The molecular weight excluding hydrogens is 182 g/mol. The molecule has 0 bridgehead atoms. The molecule has 0 N–H and O–H groups in total. The third-order valence-electron chi connectivity index (χ3n) is 0.819. The first-order chi connectivity index (χ1) is 4.83. The minimum absolute atomic E-state index is 0.0474. The SMILES string of the molecule is C=CC([S])Sc1nccs1. The van der Waals surface area contributed by atoms with Crippen molar-refractivity contribution in [1.29, 1.82) is 0 Å². The minimum atomic E-state index is 0.0474. The molecule has 10 heavy (non-hydrogen) atoms. The zero-order valence-electron chi connectivity index (χ0n) is 5.19. The molecule has 1 rings (SSSR count). The molecule has 53 valence electrons. The highest BCUT2D eigenvalue weighted by Gasteiger charge is 2.01. The van der Waals surface area contributed by atoms with Gasteiger partial charge in [0.25, 0.3) is 0 Å². The van der Waals surface area contributed by atoms with Gasteiger partial charge in [-0.15, -0.1) is 17.9 Å². The predicted octanol–water partition coefficient (Wildman–Crippen LogP) is 2.94. The maximum absolute atomic E-state index is 5.00. The Morgan fingerprint density at radius 1 is 1.90 bits per heavy atom. The second-order valence-corrected chi connectivity index (χ2v) is 4.61. The highest BCUT2D eigenvalue weighted by atomic mass is 32.2. The topological polar surface area (TPSA) is 12.9 Å². The van der Waals surface area contributed by atoms with Crippen LogP contribution in [0.1, 0.15) is 0 Å². The molecule has 0 fully saturated rings. The molecule has 0 amide bonds. The van der Waals surface area contributed by atoms with Crippen LogP contribution in [0.5, 0.6) is 0 Å². The van der Waals surface area contributed by atoms with E-state index in [1.807, 2.05) is 5.38 Å². The molecule has 4 heteroatoms. The summed E-state index contributed by atoms with van der Waals surface area (Å²) in [4.78, 5) is 4.07. The van der Waals surface area contributed by atoms with Gasteiger partial charge in [0, 0.05) is 11.6 Å². The fraction of sp³-hybridized carbons (Fsp3) is 0.167. The third-order valence-corrected chi connectivity index (χ3v) is 3.17. The summed E-state index contributed by atoms with van der Waals surface area (Å²) in [5.41, 5.74) is 0. The summed E-state index contributed by atoms with van der Waals surface area (Å²) in [5.74, 6) is 0. The molecule has 1 aromatic heterocycles. The largest absolute Gasteiger partial charge is 0.238 e. The standard InChI is InChI=1S/C6H6NS3/c1-2-5(8)10-6-7-3-4-9-6/h2-5H,1H2. The Morgan fingerprint density at radius 3 is 3.20 bits per heavy atom.